The summed E-state index contributed by atoms with van der Waals surface area (Å²) in [4.78, 5) is 24.8. The van der Waals surface area contributed by atoms with Gasteiger partial charge in [-0.05, 0) is 31.6 Å². The zero-order valence-corrected chi connectivity index (χ0v) is 10.9. The Kier molecular flexibility index (Phi) is 3.90. The van der Waals surface area contributed by atoms with Gasteiger partial charge in [0.1, 0.15) is 0 Å². The summed E-state index contributed by atoms with van der Waals surface area (Å²) in [7, 11) is 0. The van der Waals surface area contributed by atoms with E-state index in [-0.39, 0.29) is 11.8 Å². The molecule has 2 saturated heterocycles. The lowest BCUT2D eigenvalue weighted by atomic mass is 9.66. The van der Waals surface area contributed by atoms with E-state index in [4.69, 9.17) is 4.74 Å². The predicted molar refractivity (Wildman–Crippen MR) is 65.1 cm³/mol. The van der Waals surface area contributed by atoms with E-state index in [1.807, 2.05) is 4.90 Å². The fourth-order valence-electron chi connectivity index (χ4n) is 3.28. The molecule has 18 heavy (non-hydrogen) atoms. The van der Waals surface area contributed by atoms with E-state index >= 15 is 0 Å². The number of aliphatic carboxylic acids is 1. The fourth-order valence-corrected chi connectivity index (χ4v) is 3.28. The van der Waals surface area contributed by atoms with E-state index in [1.165, 1.54) is 0 Å². The number of carbonyl (C=O) groups excluding carboxylic acids is 1. The molecule has 102 valence electrons. The third kappa shape index (κ3) is 2.36. The average molecular weight is 255 g/mol. The highest BCUT2D eigenvalue weighted by Crippen LogP contribution is 2.43. The molecule has 2 aliphatic heterocycles. The summed E-state index contributed by atoms with van der Waals surface area (Å²) in [6, 6.07) is 0. The van der Waals surface area contributed by atoms with Gasteiger partial charge in [0.2, 0.25) is 5.91 Å². The molecule has 0 aromatic rings. The van der Waals surface area contributed by atoms with Crippen LogP contribution >= 0.6 is 0 Å². The summed E-state index contributed by atoms with van der Waals surface area (Å²) in [5, 5.41) is 9.58. The van der Waals surface area contributed by atoms with Crippen molar-refractivity contribution >= 4 is 11.9 Å². The second-order valence-electron chi connectivity index (χ2n) is 5.35. The number of piperidine rings is 1. The fraction of sp³-hybridized carbons (Fsp3) is 0.846. The largest absolute Gasteiger partial charge is 0.481 e. The van der Waals surface area contributed by atoms with Gasteiger partial charge in [0.25, 0.3) is 0 Å². The molecule has 0 unspecified atom stereocenters. The van der Waals surface area contributed by atoms with Gasteiger partial charge in [-0.15, -0.1) is 0 Å². The Hall–Kier alpha value is -1.10. The van der Waals surface area contributed by atoms with E-state index in [0.717, 1.165) is 12.8 Å². The summed E-state index contributed by atoms with van der Waals surface area (Å²) in [5.41, 5.74) is -0.624. The minimum atomic E-state index is -0.688. The van der Waals surface area contributed by atoms with Gasteiger partial charge >= 0.3 is 5.97 Å². The second-order valence-corrected chi connectivity index (χ2v) is 5.35. The average Bonchev–Trinajstić information content (AvgIpc) is 2.39. The molecule has 1 N–H and O–H groups in total. The van der Waals surface area contributed by atoms with Crippen LogP contribution in [0.2, 0.25) is 0 Å². The zero-order valence-electron chi connectivity index (χ0n) is 10.9. The number of rotatable bonds is 2. The molecular formula is C13H21NO4. The second kappa shape index (κ2) is 5.26. The Bertz CT molecular complexity index is 328. The zero-order chi connectivity index (χ0) is 13.2. The first-order valence-corrected chi connectivity index (χ1v) is 6.63. The lowest BCUT2D eigenvalue weighted by molar-refractivity contribution is -0.162. The third-order valence-corrected chi connectivity index (χ3v) is 4.53. The van der Waals surface area contributed by atoms with Gasteiger partial charge in [0, 0.05) is 33.2 Å². The van der Waals surface area contributed by atoms with E-state index in [9.17, 15) is 14.7 Å². The Balaban J connectivity index is 2.05. The van der Waals surface area contributed by atoms with Crippen molar-refractivity contribution < 1.29 is 19.4 Å². The highest BCUT2D eigenvalue weighted by molar-refractivity contribution is 5.76. The minimum Gasteiger partial charge on any atom is -0.481 e. The van der Waals surface area contributed by atoms with E-state index in [1.54, 1.807) is 6.92 Å². The molecule has 0 radical (unpaired) electrons. The van der Waals surface area contributed by atoms with Crippen molar-refractivity contribution in [3.8, 4) is 0 Å². The van der Waals surface area contributed by atoms with Crippen molar-refractivity contribution in [2.24, 2.45) is 11.3 Å². The molecule has 2 rings (SSSR count). The van der Waals surface area contributed by atoms with Crippen molar-refractivity contribution in [3.63, 3.8) is 0 Å². The first kappa shape index (κ1) is 13.3. The van der Waals surface area contributed by atoms with Crippen LogP contribution < -0.4 is 0 Å². The van der Waals surface area contributed by atoms with Crippen LogP contribution in [-0.2, 0) is 14.3 Å². The molecule has 0 aromatic heterocycles. The van der Waals surface area contributed by atoms with Gasteiger partial charge in [-0.25, -0.2) is 0 Å². The van der Waals surface area contributed by atoms with Gasteiger partial charge < -0.3 is 14.7 Å². The number of hydrogen-bond acceptors (Lipinski definition) is 3. The molecule has 1 amide bonds. The monoisotopic (exact) mass is 255 g/mol. The lowest BCUT2D eigenvalue weighted by Gasteiger charge is -2.43. The number of carboxylic acid groups (broad SMARTS) is 1. The molecule has 2 fully saturated rings. The molecular weight excluding hydrogens is 234 g/mol. The highest BCUT2D eigenvalue weighted by Gasteiger charge is 2.47. The minimum absolute atomic E-state index is 0.0878. The molecule has 0 spiro atoms. The van der Waals surface area contributed by atoms with Crippen molar-refractivity contribution in [1.82, 2.24) is 4.90 Å². The standard InChI is InChI=1S/C13H21NO4/c1-10(15)14-6-2-11(3-7-14)13(12(16)17)4-8-18-9-5-13/h11H,2-9H2,1H3,(H,16,17). The van der Waals surface area contributed by atoms with Gasteiger partial charge in [-0.1, -0.05) is 0 Å². The van der Waals surface area contributed by atoms with E-state index < -0.39 is 11.4 Å². The quantitative estimate of drug-likeness (QED) is 0.803. The van der Waals surface area contributed by atoms with Crippen LogP contribution in [0, 0.1) is 11.3 Å². The molecule has 2 aliphatic rings. The van der Waals surface area contributed by atoms with E-state index in [2.05, 4.69) is 0 Å². The normalized spacial score (nSPS) is 24.8. The molecule has 0 bridgehead atoms. The van der Waals surface area contributed by atoms with E-state index in [0.29, 0.717) is 39.1 Å². The van der Waals surface area contributed by atoms with Crippen LogP contribution in [0.4, 0.5) is 0 Å². The first-order valence-electron chi connectivity index (χ1n) is 6.63. The highest BCUT2D eigenvalue weighted by atomic mass is 16.5. The van der Waals surface area contributed by atoms with Crippen LogP contribution in [0.5, 0.6) is 0 Å². The van der Waals surface area contributed by atoms with Gasteiger partial charge in [-0.2, -0.15) is 0 Å². The Labute approximate surface area is 107 Å². The maximum Gasteiger partial charge on any atom is 0.310 e. The molecule has 5 nitrogen and oxygen atoms in total. The molecule has 0 saturated carbocycles. The van der Waals surface area contributed by atoms with Crippen molar-refractivity contribution in [1.29, 1.82) is 0 Å². The maximum atomic E-state index is 11.7. The molecule has 5 heteroatoms. The number of carboxylic acids is 1. The smallest absolute Gasteiger partial charge is 0.310 e. The lowest BCUT2D eigenvalue weighted by Crippen LogP contribution is -2.48. The number of ether oxygens (including phenoxy) is 1. The van der Waals surface area contributed by atoms with Crippen LogP contribution in [0.1, 0.15) is 32.6 Å². The molecule has 2 heterocycles. The number of hydrogen-bond donors (Lipinski definition) is 1. The topological polar surface area (TPSA) is 66.8 Å². The summed E-state index contributed by atoms with van der Waals surface area (Å²) >= 11 is 0. The third-order valence-electron chi connectivity index (χ3n) is 4.53. The van der Waals surface area contributed by atoms with Gasteiger partial charge in [0.15, 0.2) is 0 Å². The van der Waals surface area contributed by atoms with Gasteiger partial charge in [-0.3, -0.25) is 9.59 Å². The van der Waals surface area contributed by atoms with Crippen molar-refractivity contribution in [2.45, 2.75) is 32.6 Å². The number of nitrogens with zero attached hydrogens (tertiary/aromatic N) is 1. The Morgan fingerprint density at radius 2 is 1.78 bits per heavy atom. The number of likely N-dealkylation sites (tertiary alicyclic amines) is 1. The Morgan fingerprint density at radius 3 is 2.22 bits per heavy atom. The van der Waals surface area contributed by atoms with Crippen LogP contribution in [0.15, 0.2) is 0 Å². The van der Waals surface area contributed by atoms with Crippen molar-refractivity contribution in [3.05, 3.63) is 0 Å². The number of carbonyl (C=O) groups is 2. The molecule has 0 aliphatic carbocycles. The SMILES string of the molecule is CC(=O)N1CCC(C2(C(=O)O)CCOCC2)CC1. The summed E-state index contributed by atoms with van der Waals surface area (Å²) in [6.45, 7) is 4.03. The van der Waals surface area contributed by atoms with Crippen LogP contribution in [0.25, 0.3) is 0 Å². The predicted octanol–water partition coefficient (Wildman–Crippen LogP) is 1.13. The molecule has 0 aromatic carbocycles. The number of amides is 1. The molecule has 0 atom stereocenters. The van der Waals surface area contributed by atoms with Crippen LogP contribution in [0.3, 0.4) is 0 Å². The first-order chi connectivity index (χ1) is 8.56. The Morgan fingerprint density at radius 1 is 1.22 bits per heavy atom. The van der Waals surface area contributed by atoms with Crippen molar-refractivity contribution in [2.75, 3.05) is 26.3 Å². The summed E-state index contributed by atoms with van der Waals surface area (Å²) < 4.78 is 5.30. The summed E-state index contributed by atoms with van der Waals surface area (Å²) in [5.74, 6) is -0.425. The van der Waals surface area contributed by atoms with Gasteiger partial charge in [0.05, 0.1) is 5.41 Å². The van der Waals surface area contributed by atoms with Crippen LogP contribution in [-0.4, -0.2) is 48.2 Å². The summed E-state index contributed by atoms with van der Waals surface area (Å²) in [6.07, 6.45) is 2.80. The maximum absolute atomic E-state index is 11.7.